The molecule has 0 saturated carbocycles. The Balaban J connectivity index is 2.92. The molecule has 0 saturated heterocycles. The van der Waals surface area contributed by atoms with Gasteiger partial charge in [-0.15, -0.1) is 0 Å². The summed E-state index contributed by atoms with van der Waals surface area (Å²) < 4.78 is 40.3. The quantitative estimate of drug-likeness (QED) is 0.202. The molecule has 0 heterocycles. The van der Waals surface area contributed by atoms with Crippen molar-refractivity contribution in [1.29, 1.82) is 0 Å². The van der Waals surface area contributed by atoms with Gasteiger partial charge in [0.15, 0.2) is 0 Å². The van der Waals surface area contributed by atoms with Crippen LogP contribution in [0.25, 0.3) is 0 Å². The molecule has 0 bridgehead atoms. The first-order valence-electron chi connectivity index (χ1n) is 6.53. The number of nitro groups is 2. The van der Waals surface area contributed by atoms with Gasteiger partial charge < -0.3 is 0 Å². The van der Waals surface area contributed by atoms with E-state index < -0.39 is 38.6 Å². The van der Waals surface area contributed by atoms with Crippen LogP contribution in [-0.4, -0.2) is 36.5 Å². The Morgan fingerprint density at radius 2 is 1.24 bits per heavy atom. The van der Waals surface area contributed by atoms with Gasteiger partial charge in [-0.3, -0.25) is 0 Å². The molecule has 0 aliphatic rings. The number of rotatable bonds is 7. The molecule has 2 aromatic rings. The molecule has 0 fully saturated rings. The first-order valence-corrected chi connectivity index (χ1v) is 11.2. The Hall–Kier alpha value is -2.40. The first kappa shape index (κ1) is 18.9. The summed E-state index contributed by atoms with van der Waals surface area (Å²) >= 11 is -5.05. The van der Waals surface area contributed by atoms with E-state index in [1.54, 1.807) is 0 Å². The van der Waals surface area contributed by atoms with E-state index in [1.807, 2.05) is 0 Å². The molecule has 0 amide bonds. The van der Waals surface area contributed by atoms with Crippen LogP contribution < -0.4 is 8.92 Å². The molecular weight excluding hydrogens is 426 g/mol. The molecular formula is C13H11FN2O7SSe. The van der Waals surface area contributed by atoms with Gasteiger partial charge >= 0.3 is 144 Å². The van der Waals surface area contributed by atoms with Crippen LogP contribution in [0.15, 0.2) is 60.7 Å². The van der Waals surface area contributed by atoms with Crippen LogP contribution in [0.2, 0.25) is 0 Å². The predicted molar refractivity (Wildman–Crippen MR) is 86.8 cm³/mol. The third-order valence-corrected chi connectivity index (χ3v) is 11.8. The molecule has 0 radical (unpaired) electrons. The zero-order valence-electron chi connectivity index (χ0n) is 12.3. The number of hydrogen-bond acceptors (Lipinski definition) is 7. The normalized spacial score (nSPS) is 12.7. The summed E-state index contributed by atoms with van der Waals surface area (Å²) in [5.74, 6) is 0. The van der Waals surface area contributed by atoms with Crippen LogP contribution in [0.3, 0.4) is 0 Å². The molecule has 0 unspecified atom stereocenters. The number of halogens is 1. The van der Waals surface area contributed by atoms with Gasteiger partial charge in [0.25, 0.3) is 0 Å². The summed E-state index contributed by atoms with van der Waals surface area (Å²) in [6.07, 6.45) is 0. The fraction of sp³-hybridized carbons (Fsp3) is 0.0769. The molecule has 0 aliphatic heterocycles. The van der Waals surface area contributed by atoms with Crippen molar-refractivity contribution in [3.8, 4) is 0 Å². The summed E-state index contributed by atoms with van der Waals surface area (Å²) in [4.78, 5) is 20.3. The second-order valence-corrected chi connectivity index (χ2v) is 11.7. The van der Waals surface area contributed by atoms with E-state index in [-0.39, 0.29) is 8.92 Å². The van der Waals surface area contributed by atoms with Gasteiger partial charge in [0.05, 0.1) is 0 Å². The van der Waals surface area contributed by atoms with Gasteiger partial charge in [0.2, 0.25) is 0 Å². The minimum atomic E-state index is -5.73. The van der Waals surface area contributed by atoms with E-state index >= 15 is 0 Å². The molecule has 0 aliphatic carbocycles. The maximum absolute atomic E-state index is 13.5. The molecule has 12 heteroatoms. The topological polar surface area (TPSA) is 130 Å². The molecule has 0 N–H and O–H groups in total. The van der Waals surface area contributed by atoms with E-state index in [1.165, 1.54) is 60.7 Å². The molecule has 0 atom stereocenters. The van der Waals surface area contributed by atoms with Crippen LogP contribution in [0.5, 0.6) is 0 Å². The Kier molecular flexibility index (Phi) is 5.48. The van der Waals surface area contributed by atoms with Gasteiger partial charge in [-0.05, 0) is 0 Å². The van der Waals surface area contributed by atoms with Gasteiger partial charge in [-0.25, -0.2) is 0 Å². The van der Waals surface area contributed by atoms with Crippen molar-refractivity contribution in [3.05, 3.63) is 80.9 Å². The van der Waals surface area contributed by atoms with Crippen LogP contribution >= 0.6 is 0 Å². The van der Waals surface area contributed by atoms with Crippen LogP contribution in [0.4, 0.5) is 3.89 Å². The molecule has 0 spiro atoms. The average molecular weight is 437 g/mol. The summed E-state index contributed by atoms with van der Waals surface area (Å²) in [5.41, 5.74) is 0. The predicted octanol–water partition coefficient (Wildman–Crippen LogP) is 0.396. The van der Waals surface area contributed by atoms with Crippen LogP contribution in [0.1, 0.15) is 0 Å². The van der Waals surface area contributed by atoms with Crippen molar-refractivity contribution in [2.24, 2.45) is 0 Å². The number of nitrogens with zero attached hydrogens (tertiary/aromatic N) is 2. The standard InChI is InChI=1S/C13H11FN2O7SSe/c14-24(21,22)23-25(11-7-3-1-4-8-11,12-9-5-2-6-10-12)13(15(17)18)16(19)20/h1-10,13H. The SMILES string of the molecule is O=[N+]([O-])C([N+](=O)[O-])[Se](OS(=O)(=O)F)(c1ccccc1)c1ccccc1. The number of benzene rings is 2. The molecule has 2 rings (SSSR count). The van der Waals surface area contributed by atoms with E-state index in [0.29, 0.717) is 0 Å². The summed E-state index contributed by atoms with van der Waals surface area (Å²) in [6.45, 7) is 0. The molecule has 2 aromatic carbocycles. The van der Waals surface area contributed by atoms with Crippen LogP contribution in [-0.2, 0) is 13.8 Å². The summed E-state index contributed by atoms with van der Waals surface area (Å²) in [6, 6.07) is 13.6. The molecule has 9 nitrogen and oxygen atoms in total. The Bertz CT molecular complexity index is 826. The van der Waals surface area contributed by atoms with Gasteiger partial charge in [-0.1, -0.05) is 0 Å². The monoisotopic (exact) mass is 438 g/mol. The first-order chi connectivity index (χ1) is 11.7. The Morgan fingerprint density at radius 1 is 0.880 bits per heavy atom. The maximum atomic E-state index is 13.5. The van der Waals surface area contributed by atoms with Crippen molar-refractivity contribution in [2.45, 2.75) is 5.06 Å². The fourth-order valence-corrected chi connectivity index (χ4v) is 10.7. The zero-order valence-corrected chi connectivity index (χ0v) is 14.8. The third-order valence-electron chi connectivity index (χ3n) is 3.03. The van der Waals surface area contributed by atoms with Crippen molar-refractivity contribution < 1.29 is 25.4 Å². The zero-order chi connectivity index (χ0) is 18.7. The Morgan fingerprint density at radius 3 is 1.52 bits per heavy atom. The third kappa shape index (κ3) is 3.99. The second-order valence-electron chi connectivity index (χ2n) is 4.58. The average Bonchev–Trinajstić information content (AvgIpc) is 2.53. The molecule has 134 valence electrons. The van der Waals surface area contributed by atoms with Crippen molar-refractivity contribution >= 4 is 32.6 Å². The van der Waals surface area contributed by atoms with E-state index in [4.69, 9.17) is 0 Å². The summed E-state index contributed by atoms with van der Waals surface area (Å²) in [7, 11) is -5.73. The number of hydrogen-bond donors (Lipinski definition) is 0. The van der Waals surface area contributed by atoms with Crippen LogP contribution in [0, 0.1) is 20.2 Å². The minimum absolute atomic E-state index is 0.107. The van der Waals surface area contributed by atoms with Gasteiger partial charge in [0, 0.05) is 0 Å². The molecule has 0 aromatic heterocycles. The van der Waals surface area contributed by atoms with Crippen molar-refractivity contribution in [1.82, 2.24) is 0 Å². The van der Waals surface area contributed by atoms with E-state index in [2.05, 4.69) is 3.27 Å². The van der Waals surface area contributed by atoms with Gasteiger partial charge in [0.1, 0.15) is 0 Å². The second kappa shape index (κ2) is 7.23. The Labute approximate surface area is 144 Å². The van der Waals surface area contributed by atoms with Gasteiger partial charge in [-0.2, -0.15) is 0 Å². The van der Waals surface area contributed by atoms with E-state index in [0.717, 1.165) is 0 Å². The van der Waals surface area contributed by atoms with Crippen molar-refractivity contribution in [2.75, 3.05) is 0 Å². The fourth-order valence-electron chi connectivity index (χ4n) is 2.19. The summed E-state index contributed by atoms with van der Waals surface area (Å²) in [5, 5.41) is 20.2. The van der Waals surface area contributed by atoms with E-state index in [9.17, 15) is 32.5 Å². The van der Waals surface area contributed by atoms with Crippen molar-refractivity contribution in [3.63, 3.8) is 0 Å². The molecule has 25 heavy (non-hydrogen) atoms.